The summed E-state index contributed by atoms with van der Waals surface area (Å²) in [4.78, 5) is 16.1. The Kier molecular flexibility index (Phi) is 9.96. The molecule has 0 amide bonds. The van der Waals surface area contributed by atoms with Gasteiger partial charge in [0.2, 0.25) is 0 Å². The first-order valence-electron chi connectivity index (χ1n) is 8.22. The van der Waals surface area contributed by atoms with Crippen LogP contribution in [0.5, 0.6) is 5.75 Å². The highest BCUT2D eigenvalue weighted by molar-refractivity contribution is 7.12. The number of allylic oxidation sites excluding steroid dienone is 3. The van der Waals surface area contributed by atoms with Gasteiger partial charge in [0, 0.05) is 28.7 Å². The normalized spacial score (nSPS) is 11.1. The van der Waals surface area contributed by atoms with Crippen molar-refractivity contribution in [2.75, 3.05) is 19.5 Å². The SMILES string of the molecule is C=C/C=C\C.C=c1sc(C=O)c(N=CNc2ccc(OC)cc2)/c1=C\NC. The number of thiophene rings is 1. The Morgan fingerprint density at radius 3 is 2.44 bits per heavy atom. The number of rotatable bonds is 7. The molecule has 1 heterocycles. The van der Waals surface area contributed by atoms with Gasteiger partial charge in [-0.1, -0.05) is 31.4 Å². The second-order valence-corrected chi connectivity index (χ2v) is 6.23. The van der Waals surface area contributed by atoms with E-state index in [1.54, 1.807) is 32.8 Å². The van der Waals surface area contributed by atoms with Gasteiger partial charge >= 0.3 is 0 Å². The molecule has 2 rings (SSSR count). The lowest BCUT2D eigenvalue weighted by Gasteiger charge is -2.02. The molecule has 0 aliphatic carbocycles. The van der Waals surface area contributed by atoms with Crippen LogP contribution in [0.1, 0.15) is 16.6 Å². The first-order chi connectivity index (χ1) is 13.1. The number of ether oxygens (including phenoxy) is 1. The highest BCUT2D eigenvalue weighted by atomic mass is 32.1. The molecule has 1 aromatic carbocycles. The van der Waals surface area contributed by atoms with Crippen LogP contribution < -0.4 is 25.1 Å². The molecule has 6 heteroatoms. The van der Waals surface area contributed by atoms with Gasteiger partial charge < -0.3 is 15.4 Å². The van der Waals surface area contributed by atoms with E-state index in [2.05, 4.69) is 28.8 Å². The number of methoxy groups -OCH3 is 1. The van der Waals surface area contributed by atoms with Gasteiger partial charge in [0.1, 0.15) is 5.75 Å². The van der Waals surface area contributed by atoms with Crippen molar-refractivity contribution in [1.82, 2.24) is 5.32 Å². The van der Waals surface area contributed by atoms with Crippen molar-refractivity contribution in [3.63, 3.8) is 0 Å². The van der Waals surface area contributed by atoms with E-state index >= 15 is 0 Å². The monoisotopic (exact) mass is 383 g/mol. The van der Waals surface area contributed by atoms with Crippen molar-refractivity contribution in [2.24, 2.45) is 4.99 Å². The van der Waals surface area contributed by atoms with Crippen molar-refractivity contribution in [3.8, 4) is 5.75 Å². The summed E-state index contributed by atoms with van der Waals surface area (Å²) in [6.45, 7) is 9.36. The fraction of sp³-hybridized carbons (Fsp3) is 0.143. The van der Waals surface area contributed by atoms with Gasteiger partial charge in [-0.3, -0.25) is 4.79 Å². The number of anilines is 1. The number of carbonyl (C=O) groups excluding carboxylic acids is 1. The van der Waals surface area contributed by atoms with Gasteiger partial charge in [-0.2, -0.15) is 0 Å². The molecule has 0 saturated carbocycles. The van der Waals surface area contributed by atoms with Gasteiger partial charge in [0.25, 0.3) is 0 Å². The van der Waals surface area contributed by atoms with Crippen molar-refractivity contribution in [1.29, 1.82) is 0 Å². The maximum Gasteiger partial charge on any atom is 0.162 e. The van der Waals surface area contributed by atoms with E-state index in [9.17, 15) is 4.79 Å². The van der Waals surface area contributed by atoms with Crippen LogP contribution in [0.25, 0.3) is 12.8 Å². The number of nitrogens with one attached hydrogen (secondary N) is 2. The Balaban J connectivity index is 0.000000646. The number of carbonyl (C=O) groups is 1. The van der Waals surface area contributed by atoms with E-state index in [1.807, 2.05) is 43.3 Å². The maximum absolute atomic E-state index is 11.1. The van der Waals surface area contributed by atoms with Crippen molar-refractivity contribution >= 4 is 48.1 Å². The highest BCUT2D eigenvalue weighted by Gasteiger charge is 2.06. The molecule has 0 aliphatic rings. The fourth-order valence-electron chi connectivity index (χ4n) is 2.00. The summed E-state index contributed by atoms with van der Waals surface area (Å²) in [7, 11) is 3.42. The van der Waals surface area contributed by atoms with E-state index in [-0.39, 0.29) is 0 Å². The molecule has 0 unspecified atom stereocenters. The van der Waals surface area contributed by atoms with Crippen LogP contribution in [-0.4, -0.2) is 26.8 Å². The smallest absolute Gasteiger partial charge is 0.162 e. The molecule has 0 radical (unpaired) electrons. The van der Waals surface area contributed by atoms with Gasteiger partial charge in [0.15, 0.2) is 6.29 Å². The fourth-order valence-corrected chi connectivity index (χ4v) is 2.84. The quantitative estimate of drug-likeness (QED) is 0.333. The van der Waals surface area contributed by atoms with Crippen molar-refractivity contribution in [3.05, 3.63) is 63.7 Å². The number of benzene rings is 1. The van der Waals surface area contributed by atoms with Crippen molar-refractivity contribution in [2.45, 2.75) is 6.92 Å². The average molecular weight is 384 g/mol. The molecule has 0 aliphatic heterocycles. The molecular weight excluding hydrogens is 358 g/mol. The summed E-state index contributed by atoms with van der Waals surface area (Å²) < 4.78 is 5.90. The maximum atomic E-state index is 11.1. The van der Waals surface area contributed by atoms with Crippen LogP contribution in [0.15, 0.2) is 54.1 Å². The van der Waals surface area contributed by atoms with Crippen LogP contribution in [0.3, 0.4) is 0 Å². The van der Waals surface area contributed by atoms with Gasteiger partial charge in [0.05, 0.1) is 24.0 Å². The number of nitrogens with zero attached hydrogens (tertiary/aromatic N) is 1. The minimum atomic E-state index is 0.555. The third kappa shape index (κ3) is 6.95. The topological polar surface area (TPSA) is 62.7 Å². The van der Waals surface area contributed by atoms with Gasteiger partial charge in [-0.15, -0.1) is 11.3 Å². The summed E-state index contributed by atoms with van der Waals surface area (Å²) in [6.07, 6.45) is 9.72. The molecule has 0 spiro atoms. The number of hydrogen-bond acceptors (Lipinski definition) is 5. The molecule has 0 bridgehead atoms. The Labute approximate surface area is 164 Å². The zero-order valence-corrected chi connectivity index (χ0v) is 16.7. The number of aliphatic imine (C=N–C) groups is 1. The molecular formula is C21H25N3O2S. The van der Waals surface area contributed by atoms with E-state index in [0.29, 0.717) is 10.6 Å². The minimum Gasteiger partial charge on any atom is -0.497 e. The van der Waals surface area contributed by atoms with E-state index < -0.39 is 0 Å². The largest absolute Gasteiger partial charge is 0.497 e. The Morgan fingerprint density at radius 1 is 1.26 bits per heavy atom. The van der Waals surface area contributed by atoms with E-state index in [1.165, 1.54) is 11.3 Å². The van der Waals surface area contributed by atoms with Crippen LogP contribution in [0.2, 0.25) is 0 Å². The molecule has 2 N–H and O–H groups in total. The molecule has 1 aromatic heterocycles. The molecule has 27 heavy (non-hydrogen) atoms. The van der Waals surface area contributed by atoms with Crippen LogP contribution in [0, 0.1) is 0 Å². The van der Waals surface area contributed by atoms with Gasteiger partial charge in [-0.25, -0.2) is 4.99 Å². The molecule has 0 fully saturated rings. The first kappa shape index (κ1) is 21.9. The summed E-state index contributed by atoms with van der Waals surface area (Å²) in [5.41, 5.74) is 1.49. The Bertz CT molecular complexity index is 897. The number of aldehydes is 1. The highest BCUT2D eigenvalue weighted by Crippen LogP contribution is 2.16. The van der Waals surface area contributed by atoms with Crippen LogP contribution in [-0.2, 0) is 0 Å². The summed E-state index contributed by atoms with van der Waals surface area (Å²) in [5.74, 6) is 0.788. The molecule has 0 saturated heterocycles. The molecule has 0 atom stereocenters. The lowest BCUT2D eigenvalue weighted by Crippen LogP contribution is -2.20. The zero-order valence-electron chi connectivity index (χ0n) is 15.9. The predicted molar refractivity (Wildman–Crippen MR) is 118 cm³/mol. The predicted octanol–water partition coefficient (Wildman–Crippen LogP) is 3.46. The summed E-state index contributed by atoms with van der Waals surface area (Å²) in [5, 5.41) is 6.82. The van der Waals surface area contributed by atoms with Crippen LogP contribution >= 0.6 is 11.3 Å². The molecule has 142 valence electrons. The summed E-state index contributed by atoms with van der Waals surface area (Å²) >= 11 is 1.32. The molecule has 2 aromatic rings. The second kappa shape index (κ2) is 12.3. The zero-order chi connectivity index (χ0) is 20.1. The van der Waals surface area contributed by atoms with E-state index in [0.717, 1.165) is 27.5 Å². The van der Waals surface area contributed by atoms with Crippen LogP contribution in [0.4, 0.5) is 11.4 Å². The average Bonchev–Trinajstić information content (AvgIpc) is 2.99. The lowest BCUT2D eigenvalue weighted by molar-refractivity contribution is 0.112. The second-order valence-electron chi connectivity index (χ2n) is 5.10. The minimum absolute atomic E-state index is 0.555. The van der Waals surface area contributed by atoms with E-state index in [4.69, 9.17) is 4.74 Å². The Morgan fingerprint density at radius 2 is 1.96 bits per heavy atom. The van der Waals surface area contributed by atoms with Crippen molar-refractivity contribution < 1.29 is 9.53 Å². The lowest BCUT2D eigenvalue weighted by atomic mass is 10.3. The van der Waals surface area contributed by atoms with Gasteiger partial charge in [-0.05, 0) is 31.2 Å². The third-order valence-electron chi connectivity index (χ3n) is 3.26. The first-order valence-corrected chi connectivity index (χ1v) is 9.04. The number of hydrogen-bond donors (Lipinski definition) is 2. The standard InChI is InChI=1S/C16H17N3O2S.C5H8/c1-11-14(8-17-2)16(15(9-20)22-11)19-10-18-12-4-6-13(21-3)7-5-12;1-3-5-4-2/h4-10,17H,1H2,2-3H3,(H,18,19);3-5H,1H2,2H3/b14-8-;5-4-. The third-order valence-corrected chi connectivity index (χ3v) is 4.24. The summed E-state index contributed by atoms with van der Waals surface area (Å²) in [6, 6.07) is 7.47. The molecule has 5 nitrogen and oxygen atoms in total. The Hall–Kier alpha value is -3.12.